The summed E-state index contributed by atoms with van der Waals surface area (Å²) in [7, 11) is -2.27. The van der Waals surface area contributed by atoms with Crippen LogP contribution in [0.5, 0.6) is 11.5 Å². The standard InChI is InChI=1S/C19H17NO5S3/c1-12-4-7-14(8-5-12)20-18(21)17(27-19(20)26)11-13-6-9-15(16(10-13)24-2)25-28(3,22)23/h4-11H,1-3H3. The summed E-state index contributed by atoms with van der Waals surface area (Å²) in [5.74, 6) is 0.108. The first-order chi connectivity index (χ1) is 13.2. The monoisotopic (exact) mass is 435 g/mol. The molecule has 3 rings (SSSR count). The average molecular weight is 436 g/mol. The Morgan fingerprint density at radius 2 is 1.79 bits per heavy atom. The predicted octanol–water partition coefficient (Wildman–Crippen LogP) is 3.75. The number of hydrogen-bond donors (Lipinski definition) is 0. The van der Waals surface area contributed by atoms with Crippen molar-refractivity contribution in [3.8, 4) is 11.5 Å². The summed E-state index contributed by atoms with van der Waals surface area (Å²) in [4.78, 5) is 14.8. The number of benzene rings is 2. The summed E-state index contributed by atoms with van der Waals surface area (Å²) >= 11 is 6.57. The maximum Gasteiger partial charge on any atom is 0.306 e. The van der Waals surface area contributed by atoms with Gasteiger partial charge in [0.1, 0.15) is 0 Å². The number of thiocarbonyl (C=S) groups is 1. The fourth-order valence-electron chi connectivity index (χ4n) is 2.54. The van der Waals surface area contributed by atoms with Crippen LogP contribution in [0, 0.1) is 6.92 Å². The van der Waals surface area contributed by atoms with Crippen molar-refractivity contribution in [2.45, 2.75) is 6.92 Å². The number of anilines is 1. The number of aryl methyl sites for hydroxylation is 1. The Bertz CT molecular complexity index is 1080. The smallest absolute Gasteiger partial charge is 0.306 e. The van der Waals surface area contributed by atoms with Crippen molar-refractivity contribution in [2.24, 2.45) is 0 Å². The van der Waals surface area contributed by atoms with Crippen LogP contribution in [0.4, 0.5) is 5.69 Å². The molecule has 1 heterocycles. The van der Waals surface area contributed by atoms with Crippen molar-refractivity contribution in [1.29, 1.82) is 0 Å². The van der Waals surface area contributed by atoms with Crippen molar-refractivity contribution in [1.82, 2.24) is 0 Å². The van der Waals surface area contributed by atoms with Crippen molar-refractivity contribution >= 4 is 56.1 Å². The van der Waals surface area contributed by atoms with Gasteiger partial charge in [0.15, 0.2) is 15.8 Å². The molecule has 146 valence electrons. The number of methoxy groups -OCH3 is 1. The molecule has 1 aliphatic heterocycles. The van der Waals surface area contributed by atoms with E-state index in [0.29, 0.717) is 20.5 Å². The van der Waals surface area contributed by atoms with E-state index in [2.05, 4.69) is 0 Å². The molecule has 0 unspecified atom stereocenters. The lowest BCUT2D eigenvalue weighted by Crippen LogP contribution is -2.27. The Morgan fingerprint density at radius 3 is 2.39 bits per heavy atom. The van der Waals surface area contributed by atoms with Crippen LogP contribution in [-0.4, -0.2) is 32.0 Å². The van der Waals surface area contributed by atoms with E-state index in [1.165, 1.54) is 29.8 Å². The topological polar surface area (TPSA) is 72.9 Å². The maximum atomic E-state index is 12.8. The largest absolute Gasteiger partial charge is 0.493 e. The fourth-order valence-corrected chi connectivity index (χ4v) is 4.30. The predicted molar refractivity (Wildman–Crippen MR) is 115 cm³/mol. The molecule has 0 aromatic heterocycles. The number of thioether (sulfide) groups is 1. The van der Waals surface area contributed by atoms with Crippen LogP contribution in [0.2, 0.25) is 0 Å². The number of nitrogens with zero attached hydrogens (tertiary/aromatic N) is 1. The summed E-state index contributed by atoms with van der Waals surface area (Å²) in [5, 5.41) is 0. The van der Waals surface area contributed by atoms with Gasteiger partial charge in [-0.15, -0.1) is 0 Å². The SMILES string of the molecule is COc1cc(C=C2SC(=S)N(c3ccc(C)cc3)C2=O)ccc1OS(C)(=O)=O. The molecule has 1 fully saturated rings. The lowest BCUT2D eigenvalue weighted by Gasteiger charge is -2.14. The Hall–Kier alpha value is -2.36. The van der Waals surface area contributed by atoms with Crippen LogP contribution >= 0.6 is 24.0 Å². The minimum absolute atomic E-state index is 0.0781. The number of carbonyl (C=O) groups excluding carboxylic acids is 1. The zero-order chi connectivity index (χ0) is 20.5. The summed E-state index contributed by atoms with van der Waals surface area (Å²) in [6, 6.07) is 12.3. The normalized spacial score (nSPS) is 16.0. The van der Waals surface area contributed by atoms with Gasteiger partial charge in [-0.25, -0.2) is 0 Å². The van der Waals surface area contributed by atoms with E-state index >= 15 is 0 Å². The molecule has 1 amide bonds. The van der Waals surface area contributed by atoms with E-state index in [4.69, 9.17) is 21.1 Å². The van der Waals surface area contributed by atoms with Crippen LogP contribution in [-0.2, 0) is 14.9 Å². The zero-order valence-corrected chi connectivity index (χ0v) is 17.8. The van der Waals surface area contributed by atoms with Gasteiger partial charge in [0.2, 0.25) is 0 Å². The maximum absolute atomic E-state index is 12.8. The van der Waals surface area contributed by atoms with E-state index in [1.807, 2.05) is 31.2 Å². The molecule has 1 saturated heterocycles. The lowest BCUT2D eigenvalue weighted by atomic mass is 10.1. The number of carbonyl (C=O) groups is 1. The molecule has 0 atom stereocenters. The van der Waals surface area contributed by atoms with E-state index < -0.39 is 10.1 Å². The second-order valence-corrected chi connectivity index (χ2v) is 9.30. The van der Waals surface area contributed by atoms with E-state index in [9.17, 15) is 13.2 Å². The number of ether oxygens (including phenoxy) is 1. The summed E-state index contributed by atoms with van der Waals surface area (Å²) in [6.45, 7) is 1.97. The highest BCUT2D eigenvalue weighted by molar-refractivity contribution is 8.27. The van der Waals surface area contributed by atoms with E-state index in [1.54, 1.807) is 18.2 Å². The second kappa shape index (κ2) is 7.94. The quantitative estimate of drug-likeness (QED) is 0.402. The number of hydrogen-bond acceptors (Lipinski definition) is 7. The van der Waals surface area contributed by atoms with Crippen molar-refractivity contribution in [3.05, 3.63) is 58.5 Å². The van der Waals surface area contributed by atoms with Crippen molar-refractivity contribution in [2.75, 3.05) is 18.3 Å². The van der Waals surface area contributed by atoms with Crippen LogP contribution in [0.3, 0.4) is 0 Å². The molecule has 2 aromatic carbocycles. The zero-order valence-electron chi connectivity index (χ0n) is 15.3. The lowest BCUT2D eigenvalue weighted by molar-refractivity contribution is -0.113. The number of rotatable bonds is 5. The molecule has 0 bridgehead atoms. The molecule has 9 heteroatoms. The van der Waals surface area contributed by atoms with E-state index in [0.717, 1.165) is 11.8 Å². The molecule has 0 N–H and O–H groups in total. The minimum atomic E-state index is -3.68. The average Bonchev–Trinajstić information content (AvgIpc) is 2.89. The van der Waals surface area contributed by atoms with Gasteiger partial charge in [-0.05, 0) is 42.8 Å². The molecule has 0 radical (unpaired) electrons. The molecule has 0 aliphatic carbocycles. The Labute approximate surface area is 173 Å². The first-order valence-corrected chi connectivity index (χ1v) is 11.1. The molecule has 2 aromatic rings. The van der Waals surface area contributed by atoms with Crippen molar-refractivity contribution in [3.63, 3.8) is 0 Å². The van der Waals surface area contributed by atoms with Crippen molar-refractivity contribution < 1.29 is 22.1 Å². The molecule has 1 aliphatic rings. The second-order valence-electron chi connectivity index (χ2n) is 6.05. The first kappa shape index (κ1) is 20.4. The first-order valence-electron chi connectivity index (χ1n) is 8.10. The molecular weight excluding hydrogens is 418 g/mol. The fraction of sp³-hybridized carbons (Fsp3) is 0.158. The van der Waals surface area contributed by atoms with Crippen LogP contribution in [0.15, 0.2) is 47.4 Å². The highest BCUT2D eigenvalue weighted by atomic mass is 32.2. The van der Waals surface area contributed by atoms with Gasteiger partial charge in [0, 0.05) is 0 Å². The van der Waals surface area contributed by atoms with Crippen LogP contribution in [0.25, 0.3) is 6.08 Å². The van der Waals surface area contributed by atoms with Gasteiger partial charge < -0.3 is 8.92 Å². The summed E-state index contributed by atoms with van der Waals surface area (Å²) in [5.41, 5.74) is 2.46. The third-order valence-corrected chi connectivity index (χ3v) is 5.60. The number of amides is 1. The van der Waals surface area contributed by atoms with Crippen LogP contribution < -0.4 is 13.8 Å². The van der Waals surface area contributed by atoms with Gasteiger partial charge in [0.05, 0.1) is 24.0 Å². The summed E-state index contributed by atoms with van der Waals surface area (Å²) in [6.07, 6.45) is 2.64. The Morgan fingerprint density at radius 1 is 1.11 bits per heavy atom. The molecular formula is C19H17NO5S3. The molecule has 6 nitrogen and oxygen atoms in total. The van der Waals surface area contributed by atoms with Gasteiger partial charge >= 0.3 is 10.1 Å². The Balaban J connectivity index is 1.90. The van der Waals surface area contributed by atoms with E-state index in [-0.39, 0.29) is 17.4 Å². The van der Waals surface area contributed by atoms with Gasteiger partial charge in [-0.1, -0.05) is 47.7 Å². The molecule has 28 heavy (non-hydrogen) atoms. The highest BCUT2D eigenvalue weighted by Gasteiger charge is 2.33. The highest BCUT2D eigenvalue weighted by Crippen LogP contribution is 2.37. The molecule has 0 spiro atoms. The van der Waals surface area contributed by atoms with Gasteiger partial charge in [-0.2, -0.15) is 8.42 Å². The summed E-state index contributed by atoms with van der Waals surface area (Å²) < 4.78 is 33.2. The third kappa shape index (κ3) is 4.54. The van der Waals surface area contributed by atoms with Crippen LogP contribution in [0.1, 0.15) is 11.1 Å². The minimum Gasteiger partial charge on any atom is -0.493 e. The third-order valence-electron chi connectivity index (χ3n) is 3.81. The molecule has 0 saturated carbocycles. The van der Waals surface area contributed by atoms with Gasteiger partial charge in [0.25, 0.3) is 5.91 Å². The van der Waals surface area contributed by atoms with Gasteiger partial charge in [-0.3, -0.25) is 9.69 Å². The Kier molecular flexibility index (Phi) is 5.78.